The molecule has 0 saturated heterocycles. The molecule has 0 fully saturated rings. The fourth-order valence-corrected chi connectivity index (χ4v) is 4.19. The molecule has 3 heterocycles. The van der Waals surface area contributed by atoms with Gasteiger partial charge in [-0.15, -0.1) is 0 Å². The van der Waals surface area contributed by atoms with Crippen molar-refractivity contribution < 1.29 is 0 Å². The van der Waals surface area contributed by atoms with Crippen LogP contribution in [0, 0.1) is 0 Å². The van der Waals surface area contributed by atoms with Gasteiger partial charge < -0.3 is 13.9 Å². The number of para-hydroxylation sites is 1. The highest BCUT2D eigenvalue weighted by atomic mass is 79.9. The maximum Gasteiger partial charge on any atom is 0.163 e. The zero-order valence-corrected chi connectivity index (χ0v) is 15.7. The predicted molar refractivity (Wildman–Crippen MR) is 104 cm³/mol. The minimum Gasteiger partial charge on any atom is -0.309 e. The van der Waals surface area contributed by atoms with Gasteiger partial charge in [0.1, 0.15) is 6.67 Å². The zero-order chi connectivity index (χ0) is 17.1. The molecular weight excluding hydrogens is 378 g/mol. The van der Waals surface area contributed by atoms with Crippen molar-refractivity contribution in [2.45, 2.75) is 13.2 Å². The van der Waals surface area contributed by atoms with E-state index < -0.39 is 0 Å². The van der Waals surface area contributed by atoms with Crippen molar-refractivity contribution >= 4 is 43.3 Å². The molecule has 1 aliphatic rings. The molecule has 0 atom stereocenters. The first-order valence-electron chi connectivity index (χ1n) is 8.30. The molecule has 0 radical (unpaired) electrons. The number of rotatable bonds is 2. The summed E-state index contributed by atoms with van der Waals surface area (Å²) in [4.78, 5) is 2.21. The van der Waals surface area contributed by atoms with Crippen molar-refractivity contribution in [3.63, 3.8) is 0 Å². The molecule has 2 aromatic heterocycles. The van der Waals surface area contributed by atoms with Crippen molar-refractivity contribution in [3.8, 4) is 0 Å². The largest absolute Gasteiger partial charge is 0.309 e. The van der Waals surface area contributed by atoms with Gasteiger partial charge in [0.15, 0.2) is 5.49 Å². The van der Waals surface area contributed by atoms with Crippen LogP contribution in [0.5, 0.6) is 0 Å². The van der Waals surface area contributed by atoms with E-state index in [1.807, 2.05) is 0 Å². The summed E-state index contributed by atoms with van der Waals surface area (Å²) in [5.41, 5.74) is 8.99. The van der Waals surface area contributed by atoms with Crippen LogP contribution in [-0.2, 0) is 13.2 Å². The third-order valence-corrected chi connectivity index (χ3v) is 5.25. The van der Waals surface area contributed by atoms with Crippen LogP contribution in [-0.4, -0.2) is 28.0 Å². The van der Waals surface area contributed by atoms with Gasteiger partial charge in [-0.05, 0) is 44.4 Å². The lowest BCUT2D eigenvalue weighted by Crippen LogP contribution is -2.14. The fourth-order valence-electron chi connectivity index (χ4n) is 3.84. The number of hydrogen-bond acceptors (Lipinski definition) is 3. The second-order valence-corrected chi connectivity index (χ2v) is 7.68. The summed E-state index contributed by atoms with van der Waals surface area (Å²) in [5, 5.41) is 7.00. The van der Waals surface area contributed by atoms with E-state index >= 15 is 0 Å². The van der Waals surface area contributed by atoms with Crippen LogP contribution in [0.4, 0.5) is 0 Å². The third kappa shape index (κ3) is 2.14. The highest BCUT2D eigenvalue weighted by molar-refractivity contribution is 9.10. The number of fused-ring (bicyclic) bond motifs is 5. The lowest BCUT2D eigenvalue weighted by molar-refractivity contribution is 0.396. The molecule has 0 aliphatic carbocycles. The Kier molecular flexibility index (Phi) is 3.20. The summed E-state index contributed by atoms with van der Waals surface area (Å²) in [6.45, 7) is 1.57. The van der Waals surface area contributed by atoms with Crippen LogP contribution in [0.3, 0.4) is 0 Å². The number of nitrogens with zero attached hydrogens (tertiary/aromatic N) is 4. The van der Waals surface area contributed by atoms with Gasteiger partial charge in [0, 0.05) is 27.5 Å². The Bertz CT molecular complexity index is 1220. The first kappa shape index (κ1) is 15.0. The molecule has 25 heavy (non-hydrogen) atoms. The summed E-state index contributed by atoms with van der Waals surface area (Å²) in [7, 11) is 4.22. The van der Waals surface area contributed by atoms with E-state index in [0.717, 1.165) is 16.5 Å². The van der Waals surface area contributed by atoms with E-state index in [9.17, 15) is 0 Å². The van der Waals surface area contributed by atoms with E-state index in [1.165, 1.54) is 33.0 Å². The first-order chi connectivity index (χ1) is 12.1. The summed E-state index contributed by atoms with van der Waals surface area (Å²) < 4.78 is 5.73. The first-order valence-corrected chi connectivity index (χ1v) is 9.09. The normalized spacial score (nSPS) is 13.6. The summed E-state index contributed by atoms with van der Waals surface area (Å²) in [6.07, 6.45) is 0. The highest BCUT2D eigenvalue weighted by Crippen LogP contribution is 2.29. The van der Waals surface area contributed by atoms with Crippen LogP contribution in [0.1, 0.15) is 5.69 Å². The second kappa shape index (κ2) is 5.34. The zero-order valence-electron chi connectivity index (χ0n) is 14.1. The van der Waals surface area contributed by atoms with E-state index in [2.05, 4.69) is 96.9 Å². The van der Waals surface area contributed by atoms with Gasteiger partial charge in [0.2, 0.25) is 0 Å². The van der Waals surface area contributed by atoms with E-state index in [-0.39, 0.29) is 0 Å². The molecule has 0 saturated carbocycles. The van der Waals surface area contributed by atoms with Gasteiger partial charge in [-0.1, -0.05) is 28.1 Å². The monoisotopic (exact) mass is 395 g/mol. The molecule has 5 nitrogen and oxygen atoms in total. The third-order valence-electron chi connectivity index (χ3n) is 4.76. The Labute approximate surface area is 153 Å². The number of benzene rings is 2. The van der Waals surface area contributed by atoms with Crippen LogP contribution < -0.4 is 10.9 Å². The number of halogens is 1. The molecule has 0 unspecified atom stereocenters. The van der Waals surface area contributed by atoms with Gasteiger partial charge >= 0.3 is 0 Å². The van der Waals surface area contributed by atoms with E-state index in [1.54, 1.807) is 0 Å². The van der Waals surface area contributed by atoms with Crippen LogP contribution >= 0.6 is 15.9 Å². The molecule has 4 aromatic rings. The number of nitrogens with one attached hydrogen (secondary N) is 1. The average Bonchev–Trinajstić information content (AvgIpc) is 3.15. The van der Waals surface area contributed by atoms with Crippen molar-refractivity contribution in [2.24, 2.45) is 5.10 Å². The molecule has 6 heteroatoms. The fraction of sp³-hybridized carbons (Fsp3) is 0.211. The smallest absolute Gasteiger partial charge is 0.163 e. The minimum absolute atomic E-state index is 0.689. The molecule has 0 amide bonds. The van der Waals surface area contributed by atoms with Crippen LogP contribution in [0.25, 0.3) is 27.3 Å². The lowest BCUT2D eigenvalue weighted by atomic mass is 10.2. The quantitative estimate of drug-likeness (QED) is 0.565. The summed E-state index contributed by atoms with van der Waals surface area (Å²) in [6, 6.07) is 15.2. The van der Waals surface area contributed by atoms with Gasteiger partial charge in [-0.25, -0.2) is 0 Å². The molecule has 2 aromatic carbocycles. The lowest BCUT2D eigenvalue weighted by Gasteiger charge is -2.11. The Morgan fingerprint density at radius 2 is 2.04 bits per heavy atom. The molecule has 5 rings (SSSR count). The van der Waals surface area contributed by atoms with Crippen LogP contribution in [0.2, 0.25) is 0 Å². The molecule has 0 spiro atoms. The maximum absolute atomic E-state index is 4.59. The van der Waals surface area contributed by atoms with E-state index in [0.29, 0.717) is 6.67 Å². The second-order valence-electron chi connectivity index (χ2n) is 6.76. The SMILES string of the molecule is CN(C)Cc1cc2cccc3c4n(c5ccc(Br)cc5n1c23)CNN=4. The van der Waals surface area contributed by atoms with Gasteiger partial charge in [-0.3, -0.25) is 5.43 Å². The van der Waals surface area contributed by atoms with Crippen molar-refractivity contribution in [2.75, 3.05) is 14.1 Å². The Balaban J connectivity index is 2.14. The molecule has 0 bridgehead atoms. The Morgan fingerprint density at radius 3 is 2.88 bits per heavy atom. The average molecular weight is 396 g/mol. The minimum atomic E-state index is 0.689. The number of aromatic nitrogens is 2. The molecule has 126 valence electrons. The van der Waals surface area contributed by atoms with Gasteiger partial charge in [0.05, 0.1) is 16.6 Å². The predicted octanol–water partition coefficient (Wildman–Crippen LogP) is 3.25. The topological polar surface area (TPSA) is 37.0 Å². The van der Waals surface area contributed by atoms with E-state index in [4.69, 9.17) is 0 Å². The van der Waals surface area contributed by atoms with Gasteiger partial charge in [0.25, 0.3) is 0 Å². The molecule has 1 N–H and O–H groups in total. The summed E-state index contributed by atoms with van der Waals surface area (Å²) in [5.74, 6) is 0. The Hall–Kier alpha value is -2.31. The van der Waals surface area contributed by atoms with Crippen molar-refractivity contribution in [1.82, 2.24) is 19.3 Å². The maximum atomic E-state index is 4.59. The highest BCUT2D eigenvalue weighted by Gasteiger charge is 2.17. The molecular formula is C19H18BrN5. The Morgan fingerprint density at radius 1 is 1.16 bits per heavy atom. The van der Waals surface area contributed by atoms with Crippen molar-refractivity contribution in [1.29, 1.82) is 0 Å². The summed E-state index contributed by atoms with van der Waals surface area (Å²) >= 11 is 3.65. The van der Waals surface area contributed by atoms with Crippen LogP contribution in [0.15, 0.2) is 52.0 Å². The standard InChI is InChI=1S/C19H18BrN5/c1-23(2)10-14-8-12-4-3-5-15-18(12)25(14)17-9-13(20)6-7-16(17)24-11-21-22-19(15)24/h3-9,21H,10-11H2,1-2H3. The number of hydrogen-bond donors (Lipinski definition) is 1. The molecule has 1 aliphatic heterocycles. The van der Waals surface area contributed by atoms with Gasteiger partial charge in [-0.2, -0.15) is 5.10 Å². The van der Waals surface area contributed by atoms with Crippen molar-refractivity contribution in [3.05, 3.63) is 58.1 Å².